The number of ether oxygens (including phenoxy) is 1. The molecule has 0 radical (unpaired) electrons. The molecule has 3 N–H and O–H groups in total. The van der Waals surface area contributed by atoms with E-state index in [-0.39, 0.29) is 12.5 Å². The molecule has 1 aliphatic heterocycles. The molecule has 2 unspecified atom stereocenters. The first-order valence-corrected chi connectivity index (χ1v) is 5.22. The van der Waals surface area contributed by atoms with Gasteiger partial charge < -0.3 is 20.5 Å². The largest absolute Gasteiger partial charge is 0.416 e. The normalized spacial score (nSPS) is 23.2. The monoisotopic (exact) mass is 256 g/mol. The fraction of sp³-hybridized carbons (Fsp3) is 0.889. The molecule has 5 nitrogen and oxygen atoms in total. The number of hydrogen-bond acceptors (Lipinski definition) is 4. The molecule has 0 spiro atoms. The second-order valence-corrected chi connectivity index (χ2v) is 3.79. The van der Waals surface area contributed by atoms with E-state index in [0.29, 0.717) is 19.8 Å². The fourth-order valence-corrected chi connectivity index (χ4v) is 1.37. The summed E-state index contributed by atoms with van der Waals surface area (Å²) in [5, 5.41) is 13.7. The van der Waals surface area contributed by atoms with Gasteiger partial charge in [-0.15, -0.1) is 0 Å². The molecule has 1 amide bonds. The smallest absolute Gasteiger partial charge is 0.382 e. The summed E-state index contributed by atoms with van der Waals surface area (Å²) >= 11 is 0. The van der Waals surface area contributed by atoms with Gasteiger partial charge in [-0.2, -0.15) is 13.2 Å². The summed E-state index contributed by atoms with van der Waals surface area (Å²) in [4.78, 5) is 11.3. The van der Waals surface area contributed by atoms with Crippen LogP contribution in [0.1, 0.15) is 6.42 Å². The van der Waals surface area contributed by atoms with Gasteiger partial charge in [0.2, 0.25) is 5.91 Å². The molecule has 0 bridgehead atoms. The van der Waals surface area contributed by atoms with Crippen molar-refractivity contribution < 1.29 is 27.8 Å². The van der Waals surface area contributed by atoms with Crippen molar-refractivity contribution in [2.24, 2.45) is 0 Å². The number of carbonyl (C=O) groups excluding carboxylic acids is 1. The van der Waals surface area contributed by atoms with Gasteiger partial charge in [-0.25, -0.2) is 0 Å². The second kappa shape index (κ2) is 6.18. The SMILES string of the molecule is O=C(CC1COCCN1)NCC(O)C(F)(F)F. The van der Waals surface area contributed by atoms with Gasteiger partial charge in [0.25, 0.3) is 0 Å². The zero-order valence-electron chi connectivity index (χ0n) is 9.09. The molecular formula is C9H15F3N2O3. The highest BCUT2D eigenvalue weighted by molar-refractivity contribution is 5.76. The zero-order valence-corrected chi connectivity index (χ0v) is 9.09. The van der Waals surface area contributed by atoms with Crippen LogP contribution in [0.4, 0.5) is 13.2 Å². The Balaban J connectivity index is 2.20. The Kier molecular flexibility index (Phi) is 5.16. The number of alkyl halides is 3. The summed E-state index contributed by atoms with van der Waals surface area (Å²) in [6.07, 6.45) is -7.20. The fourth-order valence-electron chi connectivity index (χ4n) is 1.37. The van der Waals surface area contributed by atoms with Crippen LogP contribution in [0.3, 0.4) is 0 Å². The highest BCUT2D eigenvalue weighted by Gasteiger charge is 2.38. The summed E-state index contributed by atoms with van der Waals surface area (Å²) in [5.41, 5.74) is 0. The lowest BCUT2D eigenvalue weighted by atomic mass is 10.2. The third kappa shape index (κ3) is 5.33. The Morgan fingerprint density at radius 2 is 2.29 bits per heavy atom. The Morgan fingerprint density at radius 1 is 1.59 bits per heavy atom. The van der Waals surface area contributed by atoms with Crippen LogP contribution in [0.2, 0.25) is 0 Å². The molecule has 1 heterocycles. The first-order valence-electron chi connectivity index (χ1n) is 5.22. The minimum atomic E-state index is -4.71. The van der Waals surface area contributed by atoms with Crippen molar-refractivity contribution in [3.8, 4) is 0 Å². The van der Waals surface area contributed by atoms with Gasteiger partial charge in [-0.1, -0.05) is 0 Å². The highest BCUT2D eigenvalue weighted by atomic mass is 19.4. The van der Waals surface area contributed by atoms with Crippen LogP contribution >= 0.6 is 0 Å². The van der Waals surface area contributed by atoms with Crippen molar-refractivity contribution in [3.05, 3.63) is 0 Å². The van der Waals surface area contributed by atoms with E-state index in [1.54, 1.807) is 0 Å². The molecule has 2 atom stereocenters. The Bertz CT molecular complexity index is 254. The predicted octanol–water partition coefficient (Wildman–Crippen LogP) is -0.596. The van der Waals surface area contributed by atoms with Gasteiger partial charge >= 0.3 is 6.18 Å². The highest BCUT2D eigenvalue weighted by Crippen LogP contribution is 2.19. The van der Waals surface area contributed by atoms with E-state index in [2.05, 4.69) is 5.32 Å². The van der Waals surface area contributed by atoms with E-state index in [1.165, 1.54) is 0 Å². The maximum absolute atomic E-state index is 11.9. The number of rotatable bonds is 4. The molecule has 100 valence electrons. The third-order valence-electron chi connectivity index (χ3n) is 2.30. The number of nitrogens with one attached hydrogen (secondary N) is 2. The van der Waals surface area contributed by atoms with Gasteiger partial charge in [0.05, 0.1) is 19.8 Å². The average molecular weight is 256 g/mol. The van der Waals surface area contributed by atoms with Crippen LogP contribution in [-0.2, 0) is 9.53 Å². The molecule has 0 saturated carbocycles. The van der Waals surface area contributed by atoms with E-state index in [9.17, 15) is 18.0 Å². The molecule has 0 aliphatic carbocycles. The first-order chi connectivity index (χ1) is 7.89. The molecule has 0 aromatic rings. The van der Waals surface area contributed by atoms with E-state index in [0.717, 1.165) is 0 Å². The van der Waals surface area contributed by atoms with Crippen LogP contribution in [0.25, 0.3) is 0 Å². The summed E-state index contributed by atoms with van der Waals surface area (Å²) in [6, 6.07) is -0.188. The van der Waals surface area contributed by atoms with Crippen LogP contribution in [0.5, 0.6) is 0 Å². The summed E-state index contributed by atoms with van der Waals surface area (Å²) in [7, 11) is 0. The summed E-state index contributed by atoms with van der Waals surface area (Å²) < 4.78 is 40.9. The molecule has 0 aromatic carbocycles. The van der Waals surface area contributed by atoms with E-state index < -0.39 is 24.7 Å². The third-order valence-corrected chi connectivity index (χ3v) is 2.30. The van der Waals surface area contributed by atoms with Crippen LogP contribution in [-0.4, -0.2) is 55.6 Å². The van der Waals surface area contributed by atoms with Gasteiger partial charge in [-0.05, 0) is 0 Å². The predicted molar refractivity (Wildman–Crippen MR) is 52.3 cm³/mol. The minimum absolute atomic E-state index is 0.0323. The number of aliphatic hydroxyl groups excluding tert-OH is 1. The average Bonchev–Trinajstić information content (AvgIpc) is 2.26. The number of morpholine rings is 1. The lowest BCUT2D eigenvalue weighted by molar-refractivity contribution is -0.201. The Hall–Kier alpha value is -0.860. The molecule has 0 aromatic heterocycles. The van der Waals surface area contributed by atoms with Crippen molar-refractivity contribution in [2.45, 2.75) is 24.7 Å². The molecular weight excluding hydrogens is 241 g/mol. The summed E-state index contributed by atoms with van der Waals surface area (Å²) in [6.45, 7) is 0.708. The van der Waals surface area contributed by atoms with Gasteiger partial charge in [-0.3, -0.25) is 4.79 Å². The number of carbonyl (C=O) groups is 1. The van der Waals surface area contributed by atoms with Crippen molar-refractivity contribution in [2.75, 3.05) is 26.3 Å². The van der Waals surface area contributed by atoms with E-state index in [4.69, 9.17) is 9.84 Å². The van der Waals surface area contributed by atoms with Crippen molar-refractivity contribution in [3.63, 3.8) is 0 Å². The molecule has 1 rings (SSSR count). The van der Waals surface area contributed by atoms with E-state index in [1.807, 2.05) is 5.32 Å². The van der Waals surface area contributed by atoms with Crippen LogP contribution < -0.4 is 10.6 Å². The molecule has 8 heteroatoms. The van der Waals surface area contributed by atoms with Gasteiger partial charge in [0.1, 0.15) is 0 Å². The molecule has 1 saturated heterocycles. The number of hydrogen-bond donors (Lipinski definition) is 3. The number of halogens is 3. The maximum Gasteiger partial charge on any atom is 0.416 e. The summed E-state index contributed by atoms with van der Waals surface area (Å²) in [5.74, 6) is -0.545. The Labute approximate surface area is 96.3 Å². The standard InChI is InChI=1S/C9H15F3N2O3/c10-9(11,12)7(15)4-14-8(16)3-6-5-17-2-1-13-6/h6-7,13,15H,1-5H2,(H,14,16). The van der Waals surface area contributed by atoms with Crippen molar-refractivity contribution >= 4 is 5.91 Å². The van der Waals surface area contributed by atoms with Crippen molar-refractivity contribution in [1.82, 2.24) is 10.6 Å². The minimum Gasteiger partial charge on any atom is -0.382 e. The molecule has 17 heavy (non-hydrogen) atoms. The topological polar surface area (TPSA) is 70.6 Å². The second-order valence-electron chi connectivity index (χ2n) is 3.79. The zero-order chi connectivity index (χ0) is 12.9. The Morgan fingerprint density at radius 3 is 2.82 bits per heavy atom. The van der Waals surface area contributed by atoms with E-state index >= 15 is 0 Å². The van der Waals surface area contributed by atoms with Crippen LogP contribution in [0.15, 0.2) is 0 Å². The van der Waals surface area contributed by atoms with Gasteiger partial charge in [0.15, 0.2) is 6.10 Å². The lowest BCUT2D eigenvalue weighted by Crippen LogP contribution is -2.46. The number of amides is 1. The number of aliphatic hydroxyl groups is 1. The first kappa shape index (κ1) is 14.2. The van der Waals surface area contributed by atoms with Crippen LogP contribution in [0, 0.1) is 0 Å². The van der Waals surface area contributed by atoms with Crippen molar-refractivity contribution in [1.29, 1.82) is 0 Å². The lowest BCUT2D eigenvalue weighted by Gasteiger charge is -2.23. The molecule has 1 aliphatic rings. The van der Waals surface area contributed by atoms with Gasteiger partial charge in [0, 0.05) is 19.0 Å². The molecule has 1 fully saturated rings. The maximum atomic E-state index is 11.9. The quantitative estimate of drug-likeness (QED) is 0.628.